The van der Waals surface area contributed by atoms with Crippen molar-refractivity contribution < 1.29 is 9.47 Å². The first-order valence-electron chi connectivity index (χ1n) is 6.92. The number of ether oxygens (including phenoxy) is 2. The van der Waals surface area contributed by atoms with Crippen molar-refractivity contribution in [1.82, 2.24) is 5.32 Å². The first-order chi connectivity index (χ1) is 9.95. The molecule has 0 spiro atoms. The summed E-state index contributed by atoms with van der Waals surface area (Å²) in [6, 6.07) is 12.0. The molecule has 0 amide bonds. The molecule has 2 rings (SSSR count). The molecular formula is C16H21NO2S. The fraction of sp³-hybridized carbons (Fsp3) is 0.375. The van der Waals surface area contributed by atoms with E-state index in [4.69, 9.17) is 9.47 Å². The minimum absolute atomic E-state index is 0.596. The molecule has 20 heavy (non-hydrogen) atoms. The third-order valence-electron chi connectivity index (χ3n) is 2.83. The summed E-state index contributed by atoms with van der Waals surface area (Å²) in [4.78, 5) is 0. The molecule has 4 heteroatoms. The van der Waals surface area contributed by atoms with Gasteiger partial charge < -0.3 is 14.8 Å². The van der Waals surface area contributed by atoms with Gasteiger partial charge in [-0.05, 0) is 47.5 Å². The van der Waals surface area contributed by atoms with E-state index in [9.17, 15) is 0 Å². The molecule has 0 saturated heterocycles. The monoisotopic (exact) mass is 291 g/mol. The fourth-order valence-corrected chi connectivity index (χ4v) is 2.48. The number of hydrogen-bond donors (Lipinski definition) is 1. The van der Waals surface area contributed by atoms with E-state index in [1.54, 1.807) is 11.3 Å². The van der Waals surface area contributed by atoms with E-state index in [-0.39, 0.29) is 0 Å². The Morgan fingerprint density at radius 3 is 2.65 bits per heavy atom. The molecule has 0 atom stereocenters. The summed E-state index contributed by atoms with van der Waals surface area (Å²) in [7, 11) is 0. The van der Waals surface area contributed by atoms with Gasteiger partial charge in [-0.15, -0.1) is 0 Å². The molecule has 3 nitrogen and oxygen atoms in total. The maximum Gasteiger partial charge on any atom is 0.119 e. The first kappa shape index (κ1) is 15.0. The van der Waals surface area contributed by atoms with E-state index in [1.807, 2.05) is 30.3 Å². The van der Waals surface area contributed by atoms with Crippen molar-refractivity contribution in [3.8, 4) is 5.75 Å². The van der Waals surface area contributed by atoms with Crippen molar-refractivity contribution in [2.75, 3.05) is 32.9 Å². The van der Waals surface area contributed by atoms with Crippen molar-refractivity contribution in [1.29, 1.82) is 0 Å². The zero-order valence-corrected chi connectivity index (χ0v) is 12.4. The van der Waals surface area contributed by atoms with Crippen LogP contribution in [-0.2, 0) is 11.2 Å². The summed E-state index contributed by atoms with van der Waals surface area (Å²) in [5.41, 5.74) is 1.40. The van der Waals surface area contributed by atoms with Crippen molar-refractivity contribution in [2.45, 2.75) is 6.42 Å². The van der Waals surface area contributed by atoms with E-state index in [1.165, 1.54) is 5.56 Å². The molecule has 108 valence electrons. The molecule has 0 radical (unpaired) electrons. The molecule has 0 unspecified atom stereocenters. The van der Waals surface area contributed by atoms with Crippen molar-refractivity contribution in [2.24, 2.45) is 0 Å². The normalized spacial score (nSPS) is 10.6. The van der Waals surface area contributed by atoms with Crippen LogP contribution in [0.2, 0.25) is 0 Å². The Kier molecular flexibility index (Phi) is 7.16. The highest BCUT2D eigenvalue weighted by atomic mass is 32.1. The highest BCUT2D eigenvalue weighted by Crippen LogP contribution is 2.07. The Bertz CT molecular complexity index is 445. The Balaban J connectivity index is 1.39. The second-order valence-corrected chi connectivity index (χ2v) is 5.19. The molecule has 0 saturated carbocycles. The van der Waals surface area contributed by atoms with Gasteiger partial charge in [-0.1, -0.05) is 18.2 Å². The number of rotatable bonds is 10. The molecule has 0 bridgehead atoms. The zero-order valence-electron chi connectivity index (χ0n) is 11.6. The molecule has 1 heterocycles. The minimum atomic E-state index is 0.596. The van der Waals surface area contributed by atoms with Gasteiger partial charge in [0.15, 0.2) is 0 Å². The van der Waals surface area contributed by atoms with Crippen molar-refractivity contribution >= 4 is 11.3 Å². The smallest absolute Gasteiger partial charge is 0.119 e. The molecule has 0 aliphatic carbocycles. The summed E-state index contributed by atoms with van der Waals surface area (Å²) in [6.45, 7) is 3.83. The lowest BCUT2D eigenvalue weighted by atomic mass is 10.2. The van der Waals surface area contributed by atoms with E-state index < -0.39 is 0 Å². The standard InChI is InChI=1S/C16H21NO2S/c1-2-4-16(5-3-1)19-12-11-18-10-9-17-8-6-15-7-13-20-14-15/h1-5,7,13-14,17H,6,8-12H2. The molecule has 1 aromatic carbocycles. The van der Waals surface area contributed by atoms with Crippen molar-refractivity contribution in [3.63, 3.8) is 0 Å². The SMILES string of the molecule is c1ccc(OCCOCCNCCc2ccsc2)cc1. The molecular weight excluding hydrogens is 270 g/mol. The summed E-state index contributed by atoms with van der Waals surface area (Å²) in [6.07, 6.45) is 1.08. The quantitative estimate of drug-likeness (QED) is 0.683. The lowest BCUT2D eigenvalue weighted by Gasteiger charge is -2.07. The minimum Gasteiger partial charge on any atom is -0.491 e. The van der Waals surface area contributed by atoms with E-state index in [2.05, 4.69) is 22.1 Å². The van der Waals surface area contributed by atoms with Crippen molar-refractivity contribution in [3.05, 3.63) is 52.7 Å². The van der Waals surface area contributed by atoms with Crippen LogP contribution in [0.5, 0.6) is 5.75 Å². The van der Waals surface area contributed by atoms with Crippen LogP contribution in [0.4, 0.5) is 0 Å². The summed E-state index contributed by atoms with van der Waals surface area (Å²) in [5, 5.41) is 7.68. The number of thiophene rings is 1. The maximum absolute atomic E-state index is 5.54. The van der Waals surface area contributed by atoms with E-state index in [0.29, 0.717) is 13.2 Å². The fourth-order valence-electron chi connectivity index (χ4n) is 1.77. The average molecular weight is 291 g/mol. The molecule has 1 aromatic heterocycles. The second kappa shape index (κ2) is 9.53. The summed E-state index contributed by atoms with van der Waals surface area (Å²) >= 11 is 1.75. The van der Waals surface area contributed by atoms with Crippen LogP contribution in [0.3, 0.4) is 0 Å². The third kappa shape index (κ3) is 6.19. The van der Waals surface area contributed by atoms with Crippen LogP contribution in [-0.4, -0.2) is 32.9 Å². The van der Waals surface area contributed by atoms with Gasteiger partial charge in [0, 0.05) is 6.54 Å². The number of para-hydroxylation sites is 1. The molecule has 0 aliphatic rings. The van der Waals surface area contributed by atoms with Crippen LogP contribution in [0.1, 0.15) is 5.56 Å². The van der Waals surface area contributed by atoms with Crippen LogP contribution in [0, 0.1) is 0 Å². The van der Waals surface area contributed by atoms with Crippen LogP contribution in [0.15, 0.2) is 47.2 Å². The topological polar surface area (TPSA) is 30.5 Å². The predicted molar refractivity (Wildman–Crippen MR) is 83.6 cm³/mol. The van der Waals surface area contributed by atoms with Gasteiger partial charge in [-0.2, -0.15) is 11.3 Å². The first-order valence-corrected chi connectivity index (χ1v) is 7.87. The lowest BCUT2D eigenvalue weighted by molar-refractivity contribution is 0.102. The maximum atomic E-state index is 5.54. The van der Waals surface area contributed by atoms with Gasteiger partial charge in [0.2, 0.25) is 0 Å². The van der Waals surface area contributed by atoms with E-state index in [0.717, 1.165) is 31.9 Å². The summed E-state index contributed by atoms with van der Waals surface area (Å²) < 4.78 is 11.0. The zero-order chi connectivity index (χ0) is 13.9. The summed E-state index contributed by atoms with van der Waals surface area (Å²) in [5.74, 6) is 0.894. The van der Waals surface area contributed by atoms with Gasteiger partial charge >= 0.3 is 0 Å². The molecule has 0 aliphatic heterocycles. The molecule has 0 fully saturated rings. The highest BCUT2D eigenvalue weighted by molar-refractivity contribution is 7.07. The second-order valence-electron chi connectivity index (χ2n) is 4.41. The number of nitrogens with one attached hydrogen (secondary N) is 1. The Labute approximate surface area is 124 Å². The number of benzene rings is 1. The van der Waals surface area contributed by atoms with Gasteiger partial charge in [-0.3, -0.25) is 0 Å². The van der Waals surface area contributed by atoms with Crippen LogP contribution >= 0.6 is 11.3 Å². The van der Waals surface area contributed by atoms with Crippen LogP contribution in [0.25, 0.3) is 0 Å². The number of hydrogen-bond acceptors (Lipinski definition) is 4. The average Bonchev–Trinajstić information content (AvgIpc) is 3.00. The molecule has 1 N–H and O–H groups in total. The largest absolute Gasteiger partial charge is 0.491 e. The predicted octanol–water partition coefficient (Wildman–Crippen LogP) is 2.98. The Morgan fingerprint density at radius 1 is 0.950 bits per heavy atom. The van der Waals surface area contributed by atoms with Gasteiger partial charge in [0.05, 0.1) is 13.2 Å². The highest BCUT2D eigenvalue weighted by Gasteiger charge is 1.94. The van der Waals surface area contributed by atoms with E-state index >= 15 is 0 Å². The lowest BCUT2D eigenvalue weighted by Crippen LogP contribution is -2.23. The van der Waals surface area contributed by atoms with Gasteiger partial charge in [0.1, 0.15) is 12.4 Å². The Hall–Kier alpha value is -1.36. The van der Waals surface area contributed by atoms with Gasteiger partial charge in [0.25, 0.3) is 0 Å². The Morgan fingerprint density at radius 2 is 1.85 bits per heavy atom. The third-order valence-corrected chi connectivity index (χ3v) is 3.57. The van der Waals surface area contributed by atoms with Crippen LogP contribution < -0.4 is 10.1 Å². The van der Waals surface area contributed by atoms with Gasteiger partial charge in [-0.25, -0.2) is 0 Å². The molecule has 2 aromatic rings.